The van der Waals surface area contributed by atoms with Gasteiger partial charge in [-0.2, -0.15) is 0 Å². The second-order valence-corrected chi connectivity index (χ2v) is 2.55. The summed E-state index contributed by atoms with van der Waals surface area (Å²) in [5.41, 5.74) is 0. The highest BCUT2D eigenvalue weighted by Gasteiger charge is 2.03. The molecule has 0 aliphatic heterocycles. The van der Waals surface area contributed by atoms with Gasteiger partial charge in [-0.25, -0.2) is 0 Å². The molecule has 1 atom stereocenters. The average molecular weight is 155 g/mol. The third-order valence-corrected chi connectivity index (χ3v) is 1.45. The zero-order valence-corrected chi connectivity index (χ0v) is 6.17. The maximum absolute atomic E-state index is 10.1. The van der Waals surface area contributed by atoms with Gasteiger partial charge in [0.25, 0.3) is 0 Å². The summed E-state index contributed by atoms with van der Waals surface area (Å²) in [5.74, 6) is 0.708. The second kappa shape index (κ2) is 4.16. The summed E-state index contributed by atoms with van der Waals surface area (Å²) >= 11 is 10.4. The molecule has 0 N–H and O–H groups in total. The summed E-state index contributed by atoms with van der Waals surface area (Å²) in [7, 11) is 0. The van der Waals surface area contributed by atoms with Crippen LogP contribution >= 0.6 is 23.2 Å². The first-order chi connectivity index (χ1) is 3.66. The van der Waals surface area contributed by atoms with Crippen molar-refractivity contribution >= 4 is 28.4 Å². The molecule has 0 aromatic rings. The summed E-state index contributed by atoms with van der Waals surface area (Å²) < 4.78 is 0. The van der Waals surface area contributed by atoms with Gasteiger partial charge < -0.3 is 0 Å². The number of rotatable bonds is 3. The van der Waals surface area contributed by atoms with Crippen molar-refractivity contribution in [3.05, 3.63) is 0 Å². The molecule has 0 aromatic heterocycles. The van der Waals surface area contributed by atoms with Crippen LogP contribution in [0, 0.1) is 5.92 Å². The number of carbonyl (C=O) groups excluding carboxylic acids is 1. The quantitative estimate of drug-likeness (QED) is 0.450. The van der Waals surface area contributed by atoms with Crippen LogP contribution in [0.2, 0.25) is 0 Å². The number of alkyl halides is 1. The Morgan fingerprint density at radius 1 is 1.75 bits per heavy atom. The van der Waals surface area contributed by atoms with E-state index in [4.69, 9.17) is 23.2 Å². The predicted octanol–water partition coefficient (Wildman–Crippen LogP) is 2.02. The number of hydrogen-bond acceptors (Lipinski definition) is 1. The molecule has 1 nitrogen and oxygen atoms in total. The molecular weight excluding hydrogens is 147 g/mol. The minimum atomic E-state index is -0.307. The molecule has 0 saturated heterocycles. The summed E-state index contributed by atoms with van der Waals surface area (Å²) in [5, 5.41) is -0.307. The average Bonchev–Trinajstić information content (AvgIpc) is 1.65. The fourth-order valence-electron chi connectivity index (χ4n) is 0.329. The highest BCUT2D eigenvalue weighted by atomic mass is 35.5. The molecule has 0 amide bonds. The van der Waals surface area contributed by atoms with Gasteiger partial charge in [0, 0.05) is 12.3 Å². The van der Waals surface area contributed by atoms with Crippen LogP contribution in [0.25, 0.3) is 0 Å². The lowest BCUT2D eigenvalue weighted by Gasteiger charge is -1.99. The zero-order chi connectivity index (χ0) is 6.57. The van der Waals surface area contributed by atoms with Crippen molar-refractivity contribution in [1.82, 2.24) is 0 Å². The third-order valence-electron chi connectivity index (χ3n) is 0.772. The van der Waals surface area contributed by atoms with Gasteiger partial charge in [-0.15, -0.1) is 11.6 Å². The van der Waals surface area contributed by atoms with E-state index in [1.807, 2.05) is 6.92 Å². The highest BCUT2D eigenvalue weighted by Crippen LogP contribution is 2.05. The molecule has 0 spiro atoms. The normalized spacial score (nSPS) is 13.4. The summed E-state index contributed by atoms with van der Waals surface area (Å²) in [6.45, 7) is 1.88. The van der Waals surface area contributed by atoms with Crippen molar-refractivity contribution in [3.8, 4) is 0 Å². The van der Waals surface area contributed by atoms with Crippen molar-refractivity contribution in [2.45, 2.75) is 13.3 Å². The lowest BCUT2D eigenvalue weighted by molar-refractivity contribution is -0.112. The minimum Gasteiger partial charge on any atom is -0.281 e. The SMILES string of the molecule is C[C@@H](CCl)CC(=O)Cl. The van der Waals surface area contributed by atoms with E-state index >= 15 is 0 Å². The van der Waals surface area contributed by atoms with E-state index in [0.717, 1.165) is 0 Å². The number of hydrogen-bond donors (Lipinski definition) is 0. The number of carbonyl (C=O) groups is 1. The molecule has 0 radical (unpaired) electrons. The molecule has 0 saturated carbocycles. The first-order valence-corrected chi connectivity index (χ1v) is 3.32. The van der Waals surface area contributed by atoms with E-state index in [-0.39, 0.29) is 11.2 Å². The molecule has 0 fully saturated rings. The predicted molar refractivity (Wildman–Crippen MR) is 35.4 cm³/mol. The zero-order valence-electron chi connectivity index (χ0n) is 4.66. The molecule has 8 heavy (non-hydrogen) atoms. The third kappa shape index (κ3) is 4.41. The van der Waals surface area contributed by atoms with E-state index in [2.05, 4.69) is 0 Å². The standard InChI is InChI=1S/C5H8Cl2O/c1-4(3-6)2-5(7)8/h4H,2-3H2,1H3/t4-/m1/s1. The Bertz CT molecular complexity index is 82.5. The molecule has 48 valence electrons. The molecular formula is C5H8Cl2O. The fraction of sp³-hybridized carbons (Fsp3) is 0.800. The maximum atomic E-state index is 10.1. The molecule has 0 unspecified atom stereocenters. The summed E-state index contributed by atoms with van der Waals surface area (Å²) in [4.78, 5) is 10.1. The highest BCUT2D eigenvalue weighted by molar-refractivity contribution is 6.63. The van der Waals surface area contributed by atoms with Crippen LogP contribution in [0.5, 0.6) is 0 Å². The Morgan fingerprint density at radius 2 is 2.25 bits per heavy atom. The Balaban J connectivity index is 3.24. The molecule has 0 aromatic carbocycles. The van der Waals surface area contributed by atoms with Crippen LogP contribution in [0.4, 0.5) is 0 Å². The van der Waals surface area contributed by atoms with Crippen LogP contribution in [0.1, 0.15) is 13.3 Å². The van der Waals surface area contributed by atoms with E-state index in [1.54, 1.807) is 0 Å². The van der Waals surface area contributed by atoms with Gasteiger partial charge in [0.15, 0.2) is 0 Å². The first-order valence-electron chi connectivity index (χ1n) is 2.41. The Labute approximate surface area is 59.0 Å². The molecule has 0 aliphatic carbocycles. The van der Waals surface area contributed by atoms with Crippen LogP contribution in [-0.4, -0.2) is 11.1 Å². The molecule has 0 rings (SSSR count). The van der Waals surface area contributed by atoms with Crippen LogP contribution in [0.15, 0.2) is 0 Å². The van der Waals surface area contributed by atoms with E-state index in [1.165, 1.54) is 0 Å². The Hall–Kier alpha value is 0.250. The molecule has 0 bridgehead atoms. The monoisotopic (exact) mass is 154 g/mol. The van der Waals surface area contributed by atoms with Gasteiger partial charge in [0.05, 0.1) is 0 Å². The van der Waals surface area contributed by atoms with Gasteiger partial charge in [0.2, 0.25) is 5.24 Å². The van der Waals surface area contributed by atoms with E-state index < -0.39 is 0 Å². The smallest absolute Gasteiger partial charge is 0.221 e. The fourth-order valence-corrected chi connectivity index (χ4v) is 0.701. The Morgan fingerprint density at radius 3 is 2.38 bits per heavy atom. The van der Waals surface area contributed by atoms with Gasteiger partial charge in [-0.1, -0.05) is 6.92 Å². The maximum Gasteiger partial charge on any atom is 0.221 e. The van der Waals surface area contributed by atoms with Crippen molar-refractivity contribution < 1.29 is 4.79 Å². The topological polar surface area (TPSA) is 17.1 Å². The van der Waals surface area contributed by atoms with Gasteiger partial charge >= 0.3 is 0 Å². The second-order valence-electron chi connectivity index (χ2n) is 1.82. The van der Waals surface area contributed by atoms with Crippen LogP contribution in [-0.2, 0) is 4.79 Å². The van der Waals surface area contributed by atoms with Gasteiger partial charge in [0.1, 0.15) is 0 Å². The van der Waals surface area contributed by atoms with Crippen LogP contribution in [0.3, 0.4) is 0 Å². The summed E-state index contributed by atoms with van der Waals surface area (Å²) in [6.07, 6.45) is 0.380. The van der Waals surface area contributed by atoms with Gasteiger partial charge in [-0.05, 0) is 17.5 Å². The molecule has 0 heterocycles. The molecule has 0 aliphatic rings. The van der Waals surface area contributed by atoms with Crippen LogP contribution < -0.4 is 0 Å². The lowest BCUT2D eigenvalue weighted by atomic mass is 10.1. The number of halogens is 2. The summed E-state index contributed by atoms with van der Waals surface area (Å²) in [6, 6.07) is 0. The minimum absolute atomic E-state index is 0.210. The van der Waals surface area contributed by atoms with Crippen molar-refractivity contribution in [2.75, 3.05) is 5.88 Å². The van der Waals surface area contributed by atoms with Crippen molar-refractivity contribution in [3.63, 3.8) is 0 Å². The van der Waals surface area contributed by atoms with Crippen molar-refractivity contribution in [2.24, 2.45) is 5.92 Å². The molecule has 3 heteroatoms. The lowest BCUT2D eigenvalue weighted by Crippen LogP contribution is -2.00. The van der Waals surface area contributed by atoms with Crippen molar-refractivity contribution in [1.29, 1.82) is 0 Å². The first kappa shape index (κ1) is 8.25. The Kier molecular flexibility index (Phi) is 4.29. The van der Waals surface area contributed by atoms with E-state index in [9.17, 15) is 4.79 Å². The van der Waals surface area contributed by atoms with E-state index in [0.29, 0.717) is 12.3 Å². The van der Waals surface area contributed by atoms with Gasteiger partial charge in [-0.3, -0.25) is 4.79 Å². The largest absolute Gasteiger partial charge is 0.281 e.